The van der Waals surface area contributed by atoms with Gasteiger partial charge in [0.2, 0.25) is 0 Å². The summed E-state index contributed by atoms with van der Waals surface area (Å²) in [6.07, 6.45) is 0.467. The van der Waals surface area contributed by atoms with Crippen molar-refractivity contribution in [3.05, 3.63) is 33.3 Å². The molecule has 0 saturated heterocycles. The molecular formula is C11H15BrO. The molecule has 0 radical (unpaired) electrons. The molecule has 1 aromatic carbocycles. The fourth-order valence-corrected chi connectivity index (χ4v) is 1.72. The number of aryl methyl sites for hydroxylation is 2. The lowest BCUT2D eigenvalue weighted by Crippen LogP contribution is -2.04. The van der Waals surface area contributed by atoms with Gasteiger partial charge in [-0.15, -0.1) is 0 Å². The van der Waals surface area contributed by atoms with Crippen LogP contribution in [0.15, 0.2) is 16.6 Å². The Bertz CT molecular complexity index is 282. The van der Waals surface area contributed by atoms with Crippen LogP contribution in [0.5, 0.6) is 0 Å². The number of benzene rings is 1. The molecule has 1 rings (SSSR count). The summed E-state index contributed by atoms with van der Waals surface area (Å²) in [5, 5.41) is 9.25. The number of halogens is 1. The van der Waals surface area contributed by atoms with Crippen LogP contribution in [0.25, 0.3) is 0 Å². The maximum atomic E-state index is 9.25. The van der Waals surface area contributed by atoms with E-state index in [1.165, 1.54) is 21.2 Å². The van der Waals surface area contributed by atoms with Crippen molar-refractivity contribution >= 4 is 15.9 Å². The third kappa shape index (κ3) is 2.82. The first kappa shape index (κ1) is 10.7. The van der Waals surface area contributed by atoms with E-state index in [9.17, 15) is 5.11 Å². The molecule has 13 heavy (non-hydrogen) atoms. The van der Waals surface area contributed by atoms with E-state index in [0.29, 0.717) is 0 Å². The first-order valence-electron chi connectivity index (χ1n) is 4.44. The summed E-state index contributed by atoms with van der Waals surface area (Å²) in [5.41, 5.74) is 3.67. The predicted octanol–water partition coefficient (Wildman–Crippen LogP) is 2.99. The molecule has 0 aromatic heterocycles. The van der Waals surface area contributed by atoms with Crippen molar-refractivity contribution in [2.75, 3.05) is 0 Å². The highest BCUT2D eigenvalue weighted by molar-refractivity contribution is 9.10. The summed E-state index contributed by atoms with van der Waals surface area (Å²) in [5.74, 6) is 0. The summed E-state index contributed by atoms with van der Waals surface area (Å²) < 4.78 is 1.17. The predicted molar refractivity (Wildman–Crippen MR) is 59.0 cm³/mol. The SMILES string of the molecule is Cc1cc(C[C@@H](C)O)cc(C)c1Br. The summed E-state index contributed by atoms with van der Waals surface area (Å²) >= 11 is 3.52. The summed E-state index contributed by atoms with van der Waals surface area (Å²) in [6.45, 7) is 5.96. The van der Waals surface area contributed by atoms with Crippen molar-refractivity contribution in [2.24, 2.45) is 0 Å². The Morgan fingerprint density at radius 2 is 1.77 bits per heavy atom. The number of hydrogen-bond donors (Lipinski definition) is 1. The third-order valence-electron chi connectivity index (χ3n) is 2.03. The zero-order valence-electron chi connectivity index (χ0n) is 8.26. The Morgan fingerprint density at radius 3 is 2.15 bits per heavy atom. The molecule has 0 bridgehead atoms. The van der Waals surface area contributed by atoms with Gasteiger partial charge in [-0.25, -0.2) is 0 Å². The molecule has 0 spiro atoms. The number of aliphatic hydroxyl groups is 1. The number of hydrogen-bond acceptors (Lipinski definition) is 1. The second-order valence-corrected chi connectivity index (χ2v) is 4.39. The van der Waals surface area contributed by atoms with Gasteiger partial charge in [-0.3, -0.25) is 0 Å². The molecule has 0 amide bonds. The fraction of sp³-hybridized carbons (Fsp3) is 0.455. The van der Waals surface area contributed by atoms with Crippen LogP contribution in [0.2, 0.25) is 0 Å². The van der Waals surface area contributed by atoms with Crippen LogP contribution in [-0.4, -0.2) is 11.2 Å². The quantitative estimate of drug-likeness (QED) is 0.846. The van der Waals surface area contributed by atoms with Gasteiger partial charge >= 0.3 is 0 Å². The van der Waals surface area contributed by atoms with Crippen LogP contribution >= 0.6 is 15.9 Å². The number of aliphatic hydroxyl groups excluding tert-OH is 1. The molecule has 0 unspecified atom stereocenters. The molecule has 0 aliphatic carbocycles. The highest BCUT2D eigenvalue weighted by atomic mass is 79.9. The van der Waals surface area contributed by atoms with E-state index in [1.807, 2.05) is 6.92 Å². The largest absolute Gasteiger partial charge is 0.393 e. The summed E-state index contributed by atoms with van der Waals surface area (Å²) in [4.78, 5) is 0. The molecule has 0 aliphatic heterocycles. The van der Waals surface area contributed by atoms with Crippen molar-refractivity contribution in [1.82, 2.24) is 0 Å². The lowest BCUT2D eigenvalue weighted by atomic mass is 10.0. The average Bonchev–Trinajstić information content (AvgIpc) is 1.98. The third-order valence-corrected chi connectivity index (χ3v) is 3.28. The number of rotatable bonds is 2. The van der Waals surface area contributed by atoms with E-state index in [-0.39, 0.29) is 6.10 Å². The minimum atomic E-state index is -0.264. The van der Waals surface area contributed by atoms with Crippen LogP contribution in [0, 0.1) is 13.8 Å². The minimum absolute atomic E-state index is 0.264. The van der Waals surface area contributed by atoms with Crippen molar-refractivity contribution in [1.29, 1.82) is 0 Å². The van der Waals surface area contributed by atoms with Crippen molar-refractivity contribution < 1.29 is 5.11 Å². The van der Waals surface area contributed by atoms with Crippen LogP contribution in [0.3, 0.4) is 0 Å². The van der Waals surface area contributed by atoms with Gasteiger partial charge in [-0.05, 0) is 43.9 Å². The van der Waals surface area contributed by atoms with Crippen molar-refractivity contribution in [2.45, 2.75) is 33.3 Å². The summed E-state index contributed by atoms with van der Waals surface area (Å²) in [6, 6.07) is 4.23. The fourth-order valence-electron chi connectivity index (χ4n) is 1.49. The van der Waals surface area contributed by atoms with Gasteiger partial charge in [0.05, 0.1) is 6.10 Å². The molecule has 0 aliphatic rings. The first-order chi connectivity index (χ1) is 6.00. The molecule has 0 fully saturated rings. The second-order valence-electron chi connectivity index (χ2n) is 3.60. The van der Waals surface area contributed by atoms with E-state index in [2.05, 4.69) is 41.9 Å². The van der Waals surface area contributed by atoms with Gasteiger partial charge in [0.15, 0.2) is 0 Å². The molecule has 72 valence electrons. The van der Waals surface area contributed by atoms with Crippen LogP contribution < -0.4 is 0 Å². The molecule has 2 heteroatoms. The first-order valence-corrected chi connectivity index (χ1v) is 5.23. The van der Waals surface area contributed by atoms with Crippen LogP contribution in [0.1, 0.15) is 23.6 Å². The van der Waals surface area contributed by atoms with E-state index >= 15 is 0 Å². The zero-order valence-corrected chi connectivity index (χ0v) is 9.85. The van der Waals surface area contributed by atoms with E-state index in [0.717, 1.165) is 6.42 Å². The molecular weight excluding hydrogens is 228 g/mol. The van der Waals surface area contributed by atoms with Gasteiger partial charge in [0.1, 0.15) is 0 Å². The maximum Gasteiger partial charge on any atom is 0.0552 e. The van der Waals surface area contributed by atoms with E-state index in [4.69, 9.17) is 0 Å². The standard InChI is InChI=1S/C11H15BrO/c1-7-4-10(6-9(3)13)5-8(2)11(7)12/h4-5,9,13H,6H2,1-3H3/t9-/m1/s1. The Morgan fingerprint density at radius 1 is 1.31 bits per heavy atom. The second kappa shape index (κ2) is 4.25. The Balaban J connectivity index is 2.99. The lowest BCUT2D eigenvalue weighted by Gasteiger charge is -2.09. The highest BCUT2D eigenvalue weighted by Crippen LogP contribution is 2.22. The van der Waals surface area contributed by atoms with Gasteiger partial charge in [0, 0.05) is 4.47 Å². The zero-order chi connectivity index (χ0) is 10.0. The highest BCUT2D eigenvalue weighted by Gasteiger charge is 2.04. The molecule has 1 aromatic rings. The molecule has 0 saturated carbocycles. The van der Waals surface area contributed by atoms with Gasteiger partial charge in [-0.2, -0.15) is 0 Å². The van der Waals surface area contributed by atoms with Gasteiger partial charge in [-0.1, -0.05) is 28.1 Å². The van der Waals surface area contributed by atoms with Crippen molar-refractivity contribution in [3.63, 3.8) is 0 Å². The van der Waals surface area contributed by atoms with Gasteiger partial charge < -0.3 is 5.11 Å². The Kier molecular flexibility index (Phi) is 3.51. The molecule has 0 heterocycles. The van der Waals surface area contributed by atoms with Gasteiger partial charge in [0.25, 0.3) is 0 Å². The summed E-state index contributed by atoms with van der Waals surface area (Å²) in [7, 11) is 0. The maximum absolute atomic E-state index is 9.25. The van der Waals surface area contributed by atoms with E-state index < -0.39 is 0 Å². The molecule has 1 nitrogen and oxygen atoms in total. The van der Waals surface area contributed by atoms with E-state index in [1.54, 1.807) is 0 Å². The Labute approximate surface area is 87.9 Å². The molecule has 1 N–H and O–H groups in total. The van der Waals surface area contributed by atoms with Crippen LogP contribution in [-0.2, 0) is 6.42 Å². The normalized spacial score (nSPS) is 13.0. The van der Waals surface area contributed by atoms with Crippen LogP contribution in [0.4, 0.5) is 0 Å². The minimum Gasteiger partial charge on any atom is -0.393 e. The Hall–Kier alpha value is -0.340. The smallest absolute Gasteiger partial charge is 0.0552 e. The topological polar surface area (TPSA) is 20.2 Å². The van der Waals surface area contributed by atoms with Crippen molar-refractivity contribution in [3.8, 4) is 0 Å². The monoisotopic (exact) mass is 242 g/mol. The average molecular weight is 243 g/mol. The molecule has 1 atom stereocenters. The lowest BCUT2D eigenvalue weighted by molar-refractivity contribution is 0.195.